The molecular weight excluding hydrogens is 570 g/mol. The lowest BCUT2D eigenvalue weighted by atomic mass is 9.85. The lowest BCUT2D eigenvalue weighted by Crippen LogP contribution is -2.60. The highest BCUT2D eigenvalue weighted by atomic mass is 16.2. The molecule has 2 fully saturated rings. The molecule has 5 N–H and O–H groups in total. The second kappa shape index (κ2) is 17.1. The first-order chi connectivity index (χ1) is 21.1. The molecule has 0 spiro atoms. The van der Waals surface area contributed by atoms with Gasteiger partial charge in [-0.3, -0.25) is 19.2 Å². The van der Waals surface area contributed by atoms with Crippen LogP contribution in [-0.4, -0.2) is 65.1 Å². The normalized spacial score (nSPS) is 18.7. The molecule has 5 amide bonds. The second-order valence-corrected chi connectivity index (χ2v) is 13.7. The highest BCUT2D eigenvalue weighted by molar-refractivity contribution is 6.37. The Hall–Kier alpha value is -3.69. The van der Waals surface area contributed by atoms with Gasteiger partial charge < -0.3 is 26.6 Å². The largest absolute Gasteiger partial charge is 0.363 e. The number of rotatable bonds is 11. The highest BCUT2D eigenvalue weighted by Gasteiger charge is 2.42. The number of amides is 5. The van der Waals surface area contributed by atoms with Crippen molar-refractivity contribution in [2.24, 2.45) is 23.0 Å². The van der Waals surface area contributed by atoms with Crippen LogP contribution in [0.2, 0.25) is 0 Å². The van der Waals surface area contributed by atoms with Crippen LogP contribution in [-0.2, 0) is 19.2 Å². The quantitative estimate of drug-likeness (QED) is 0.266. The Morgan fingerprint density at radius 3 is 2.02 bits per heavy atom. The van der Waals surface area contributed by atoms with E-state index in [0.29, 0.717) is 19.4 Å². The number of urea groups is 1. The molecule has 1 aliphatic heterocycles. The molecule has 10 nitrogen and oxygen atoms in total. The zero-order chi connectivity index (χ0) is 33.9. The molecule has 1 aromatic rings. The molecule has 3 rings (SSSR count). The number of Topliss-reactive ketones (excluding diaryl/α,β-unsaturated/α-hetero) is 1. The number of carbonyl (C=O) groups excluding carboxylic acids is 5. The van der Waals surface area contributed by atoms with E-state index in [4.69, 9.17) is 5.73 Å². The van der Waals surface area contributed by atoms with Gasteiger partial charge in [-0.2, -0.15) is 0 Å². The van der Waals surface area contributed by atoms with Crippen molar-refractivity contribution in [3.63, 3.8) is 0 Å². The van der Waals surface area contributed by atoms with Crippen LogP contribution in [0, 0.1) is 17.3 Å². The lowest BCUT2D eigenvalue weighted by molar-refractivity contribution is -0.143. The van der Waals surface area contributed by atoms with Crippen LogP contribution in [0.4, 0.5) is 4.79 Å². The van der Waals surface area contributed by atoms with Crippen molar-refractivity contribution in [3.05, 3.63) is 42.5 Å². The zero-order valence-electron chi connectivity index (χ0n) is 28.3. The van der Waals surface area contributed by atoms with Crippen LogP contribution >= 0.6 is 0 Å². The zero-order valence-corrected chi connectivity index (χ0v) is 28.3. The van der Waals surface area contributed by atoms with Crippen molar-refractivity contribution < 1.29 is 24.0 Å². The molecule has 1 saturated carbocycles. The van der Waals surface area contributed by atoms with E-state index in [0.717, 1.165) is 17.1 Å². The molecule has 3 unspecified atom stereocenters. The van der Waals surface area contributed by atoms with E-state index in [9.17, 15) is 24.0 Å². The molecule has 45 heavy (non-hydrogen) atoms. The molecule has 2 aliphatic rings. The van der Waals surface area contributed by atoms with Gasteiger partial charge in [0.05, 0.1) is 12.1 Å². The smallest absolute Gasteiger partial charge is 0.315 e. The van der Waals surface area contributed by atoms with E-state index in [1.807, 2.05) is 65.0 Å². The number of nitrogens with two attached hydrogens (primary N) is 1. The summed E-state index contributed by atoms with van der Waals surface area (Å²) in [5, 5.41) is 8.27. The first kappa shape index (κ1) is 37.5. The van der Waals surface area contributed by atoms with Gasteiger partial charge in [0, 0.05) is 6.54 Å². The lowest BCUT2D eigenvalue weighted by Gasteiger charge is -2.36. The number of hydrogen-bond acceptors (Lipinski definition) is 5. The Labute approximate surface area is 269 Å². The molecule has 250 valence electrons. The first-order valence-corrected chi connectivity index (χ1v) is 16.3. The predicted molar refractivity (Wildman–Crippen MR) is 178 cm³/mol. The molecule has 1 aromatic carbocycles. The third-order valence-corrected chi connectivity index (χ3v) is 8.75. The van der Waals surface area contributed by atoms with Crippen molar-refractivity contribution in [1.29, 1.82) is 0 Å². The molecule has 0 radical (unpaired) electrons. The van der Waals surface area contributed by atoms with Crippen molar-refractivity contribution in [2.75, 3.05) is 6.54 Å². The van der Waals surface area contributed by atoms with Crippen molar-refractivity contribution >= 4 is 35.1 Å². The SMILES string of the molecule is C=C(c1ccccc1)C(NC(=O)NC(C(=O)N1CCC[C@H]1C(=O)NC(C)C(=O)C(N)=O)C(C)(C)C)C(C)C.CCC1CCCC1. The molecule has 4 atom stereocenters. The van der Waals surface area contributed by atoms with Gasteiger partial charge in [-0.15, -0.1) is 0 Å². The number of nitrogens with one attached hydrogen (secondary N) is 3. The minimum absolute atomic E-state index is 0.0361. The summed E-state index contributed by atoms with van der Waals surface area (Å²) in [6, 6.07) is 5.80. The van der Waals surface area contributed by atoms with E-state index in [1.165, 1.54) is 43.9 Å². The van der Waals surface area contributed by atoms with E-state index < -0.39 is 53.1 Å². The number of nitrogens with zero attached hydrogens (tertiary/aromatic N) is 1. The summed E-state index contributed by atoms with van der Waals surface area (Å²) in [4.78, 5) is 64.2. The molecule has 0 aromatic heterocycles. The molecule has 0 bridgehead atoms. The summed E-state index contributed by atoms with van der Waals surface area (Å²) >= 11 is 0. The summed E-state index contributed by atoms with van der Waals surface area (Å²) in [6.07, 6.45) is 8.41. The summed E-state index contributed by atoms with van der Waals surface area (Å²) in [7, 11) is 0. The predicted octanol–water partition coefficient (Wildman–Crippen LogP) is 4.58. The van der Waals surface area contributed by atoms with Gasteiger partial charge in [0.15, 0.2) is 0 Å². The maximum atomic E-state index is 13.7. The maximum Gasteiger partial charge on any atom is 0.315 e. The molecule has 1 aliphatic carbocycles. The minimum Gasteiger partial charge on any atom is -0.363 e. The van der Waals surface area contributed by atoms with Crippen LogP contribution in [0.25, 0.3) is 5.57 Å². The van der Waals surface area contributed by atoms with E-state index in [1.54, 1.807) is 0 Å². The minimum atomic E-state index is -1.14. The van der Waals surface area contributed by atoms with Crippen LogP contribution in [0.15, 0.2) is 36.9 Å². The van der Waals surface area contributed by atoms with Gasteiger partial charge in [0.1, 0.15) is 12.1 Å². The van der Waals surface area contributed by atoms with Crippen LogP contribution in [0.3, 0.4) is 0 Å². The number of hydrogen-bond donors (Lipinski definition) is 4. The fourth-order valence-electron chi connectivity index (χ4n) is 5.93. The number of ketones is 1. The van der Waals surface area contributed by atoms with Gasteiger partial charge in [0.25, 0.3) is 5.91 Å². The molecule has 1 saturated heterocycles. The van der Waals surface area contributed by atoms with Gasteiger partial charge in [-0.1, -0.05) is 111 Å². The third-order valence-electron chi connectivity index (χ3n) is 8.75. The topological polar surface area (TPSA) is 151 Å². The molecular formula is C35H55N5O5. The van der Waals surface area contributed by atoms with Crippen molar-refractivity contribution in [3.8, 4) is 0 Å². The fraction of sp³-hybridized carbons (Fsp3) is 0.629. The molecule has 10 heteroatoms. The van der Waals surface area contributed by atoms with E-state index >= 15 is 0 Å². The van der Waals surface area contributed by atoms with Crippen LogP contribution in [0.5, 0.6) is 0 Å². The number of likely N-dealkylation sites (tertiary alicyclic amines) is 1. The summed E-state index contributed by atoms with van der Waals surface area (Å²) in [6.45, 7) is 17.6. The summed E-state index contributed by atoms with van der Waals surface area (Å²) < 4.78 is 0. The van der Waals surface area contributed by atoms with Crippen LogP contribution in [0.1, 0.15) is 99.0 Å². The Morgan fingerprint density at radius 1 is 0.933 bits per heavy atom. The van der Waals surface area contributed by atoms with Crippen LogP contribution < -0.4 is 21.7 Å². The molecule has 1 heterocycles. The second-order valence-electron chi connectivity index (χ2n) is 13.7. The van der Waals surface area contributed by atoms with Gasteiger partial charge in [0.2, 0.25) is 17.6 Å². The average molecular weight is 626 g/mol. The highest BCUT2D eigenvalue weighted by Crippen LogP contribution is 2.28. The fourth-order valence-corrected chi connectivity index (χ4v) is 5.93. The Kier molecular flexibility index (Phi) is 14.3. The average Bonchev–Trinajstić information content (AvgIpc) is 3.70. The van der Waals surface area contributed by atoms with Gasteiger partial charge in [-0.05, 0) is 48.2 Å². The van der Waals surface area contributed by atoms with E-state index in [2.05, 4.69) is 29.5 Å². The van der Waals surface area contributed by atoms with Crippen molar-refractivity contribution in [2.45, 2.75) is 118 Å². The Bertz CT molecular complexity index is 1190. The van der Waals surface area contributed by atoms with Gasteiger partial charge in [-0.25, -0.2) is 4.79 Å². The summed E-state index contributed by atoms with van der Waals surface area (Å²) in [5.74, 6) is -1.88. The monoisotopic (exact) mass is 625 g/mol. The first-order valence-electron chi connectivity index (χ1n) is 16.3. The Morgan fingerprint density at radius 2 is 1.53 bits per heavy atom. The Balaban J connectivity index is 0.000000883. The van der Waals surface area contributed by atoms with Gasteiger partial charge >= 0.3 is 6.03 Å². The third kappa shape index (κ3) is 11.0. The number of carbonyl (C=O) groups is 5. The van der Waals surface area contributed by atoms with E-state index in [-0.39, 0.29) is 12.0 Å². The number of benzene rings is 1. The van der Waals surface area contributed by atoms with Crippen molar-refractivity contribution in [1.82, 2.24) is 20.9 Å². The maximum absolute atomic E-state index is 13.7. The summed E-state index contributed by atoms with van der Waals surface area (Å²) in [5.41, 5.74) is 6.02. The number of primary amides is 1. The standard InChI is InChI=1S/C28H41N5O5.C7H14/c1-16(2)21(17(3)19-12-9-8-10-13-19)31-27(38)32-23(28(5,6)7)26(37)33-15-11-14-20(33)25(36)30-18(4)22(34)24(29)35;1-2-7-5-3-4-6-7/h8-10,12-13,16,18,20-21,23H,3,11,14-15H2,1-2,4-7H3,(H2,29,35)(H,30,36)(H2,31,32,38);7H,2-6H2,1H3/t18?,20-,21?,23?;/m0./s1.